The minimum Gasteiger partial charge on any atom is -0.291 e. The summed E-state index contributed by atoms with van der Waals surface area (Å²) in [6.45, 7) is 1.96. The molecule has 0 rings (SSSR count). The van der Waals surface area contributed by atoms with Crippen LogP contribution in [-0.4, -0.2) is 16.1 Å². The highest BCUT2D eigenvalue weighted by Gasteiger charge is 2.20. The van der Waals surface area contributed by atoms with E-state index in [2.05, 4.69) is 0 Å². The number of allylic oxidation sites excluding steroid dienone is 4. The van der Waals surface area contributed by atoms with E-state index in [1.807, 2.05) is 19.3 Å². The Morgan fingerprint density at radius 3 is 2.12 bits per heavy atom. The molecule has 0 amide bonds. The van der Waals surface area contributed by atoms with Crippen LogP contribution in [0.4, 0.5) is 0 Å². The number of nitro groups is 2. The molecular weight excluding hydrogens is 324 g/mol. The summed E-state index contributed by atoms with van der Waals surface area (Å²) in [5.74, 6) is 0. The Bertz CT molecular complexity index is 510. The van der Waals surface area contributed by atoms with Crippen molar-refractivity contribution >= 4 is 6.29 Å². The summed E-state index contributed by atoms with van der Waals surface area (Å²) < 4.78 is 0. The molecule has 0 heterocycles. The predicted octanol–water partition coefficient (Wildman–Crippen LogP) is 4.89. The Kier molecular flexibility index (Phi) is 13.8. The zero-order chi connectivity index (χ0) is 18.9. The molecule has 7 heteroatoms. The van der Waals surface area contributed by atoms with Gasteiger partial charge in [-0.1, -0.05) is 38.3 Å². The molecule has 0 aliphatic rings. The summed E-state index contributed by atoms with van der Waals surface area (Å²) in [7, 11) is 0. The third-order valence-electron chi connectivity index (χ3n) is 3.59. The van der Waals surface area contributed by atoms with Gasteiger partial charge in [0.1, 0.15) is 6.42 Å². The number of nitrogens with zero attached hydrogens (tertiary/aromatic N) is 2. The third-order valence-corrected chi connectivity index (χ3v) is 3.59. The average Bonchev–Trinajstić information content (AvgIpc) is 2.57. The van der Waals surface area contributed by atoms with Gasteiger partial charge in [-0.15, -0.1) is 0 Å². The topological polar surface area (TPSA) is 103 Å². The van der Waals surface area contributed by atoms with E-state index in [-0.39, 0.29) is 17.8 Å². The van der Waals surface area contributed by atoms with Crippen molar-refractivity contribution in [2.24, 2.45) is 0 Å². The molecule has 0 spiro atoms. The van der Waals surface area contributed by atoms with Crippen molar-refractivity contribution in [1.29, 1.82) is 0 Å². The van der Waals surface area contributed by atoms with E-state index in [1.54, 1.807) is 6.08 Å². The molecule has 0 aromatic heterocycles. The van der Waals surface area contributed by atoms with Gasteiger partial charge in [-0.05, 0) is 44.3 Å². The Labute approximate surface area is 148 Å². The molecule has 0 saturated heterocycles. The molecule has 7 nitrogen and oxygen atoms in total. The first-order chi connectivity index (χ1) is 12.0. The van der Waals surface area contributed by atoms with Crippen molar-refractivity contribution < 1.29 is 14.6 Å². The number of unbranched alkanes of at least 4 members (excludes halogenated alkanes) is 6. The van der Waals surface area contributed by atoms with Crippen molar-refractivity contribution in [1.82, 2.24) is 0 Å². The van der Waals surface area contributed by atoms with E-state index in [1.165, 1.54) is 12.2 Å². The second kappa shape index (κ2) is 15.2. The van der Waals surface area contributed by atoms with Crippen LogP contribution in [0.1, 0.15) is 71.1 Å². The standard InChI is InChI=1S/C18H27N2O5/c1-2-3-4-10-13-17(19(22)23)16-18(20(24)25)14-11-8-6-5-7-9-12-15-21/h3-4,13-14H,2,5-12,16H2,1H3/b4-3-,17-13+,18-14+. The fourth-order valence-electron chi connectivity index (χ4n) is 2.22. The summed E-state index contributed by atoms with van der Waals surface area (Å²) >= 11 is 0. The van der Waals surface area contributed by atoms with Crippen LogP contribution in [0.2, 0.25) is 0 Å². The normalized spacial score (nSPS) is 12.5. The molecule has 0 bridgehead atoms. The highest BCUT2D eigenvalue weighted by Crippen LogP contribution is 2.16. The van der Waals surface area contributed by atoms with E-state index >= 15 is 0 Å². The molecule has 0 aliphatic carbocycles. The van der Waals surface area contributed by atoms with Crippen molar-refractivity contribution in [3.8, 4) is 0 Å². The lowest BCUT2D eigenvalue weighted by Gasteiger charge is -2.00. The highest BCUT2D eigenvalue weighted by molar-refractivity contribution is 5.50. The first kappa shape index (κ1) is 22.7. The maximum Gasteiger partial charge on any atom is 0.253 e. The van der Waals surface area contributed by atoms with Crippen molar-refractivity contribution in [3.05, 3.63) is 55.9 Å². The van der Waals surface area contributed by atoms with Gasteiger partial charge >= 0.3 is 0 Å². The zero-order valence-electron chi connectivity index (χ0n) is 14.8. The van der Waals surface area contributed by atoms with Gasteiger partial charge in [0.05, 0.1) is 9.85 Å². The molecule has 0 aromatic carbocycles. The Morgan fingerprint density at radius 1 is 0.920 bits per heavy atom. The van der Waals surface area contributed by atoms with Gasteiger partial charge in [0.15, 0.2) is 6.29 Å². The maximum absolute atomic E-state index is 11.1. The molecule has 0 unspecified atom stereocenters. The summed E-state index contributed by atoms with van der Waals surface area (Å²) in [5, 5.41) is 22.2. The molecular formula is C18H27N2O5. The van der Waals surface area contributed by atoms with E-state index in [9.17, 15) is 25.0 Å². The van der Waals surface area contributed by atoms with E-state index in [4.69, 9.17) is 0 Å². The Morgan fingerprint density at radius 2 is 1.52 bits per heavy atom. The van der Waals surface area contributed by atoms with Gasteiger partial charge in [-0.25, -0.2) is 0 Å². The number of carbonyl (C=O) groups excluding carboxylic acids is 1. The summed E-state index contributed by atoms with van der Waals surface area (Å²) in [4.78, 5) is 31.1. The van der Waals surface area contributed by atoms with Crippen LogP contribution in [0.15, 0.2) is 35.7 Å². The van der Waals surface area contributed by atoms with Gasteiger partial charge in [-0.3, -0.25) is 25.0 Å². The van der Waals surface area contributed by atoms with Gasteiger partial charge in [-0.2, -0.15) is 0 Å². The molecule has 0 aliphatic heterocycles. The minimum absolute atomic E-state index is 0.127. The zero-order valence-corrected chi connectivity index (χ0v) is 14.8. The molecule has 0 atom stereocenters. The molecule has 25 heavy (non-hydrogen) atoms. The molecule has 1 radical (unpaired) electrons. The molecule has 0 aromatic rings. The van der Waals surface area contributed by atoms with E-state index in [0.717, 1.165) is 38.5 Å². The van der Waals surface area contributed by atoms with Gasteiger partial charge in [0.2, 0.25) is 0 Å². The number of rotatable bonds is 15. The van der Waals surface area contributed by atoms with Crippen LogP contribution >= 0.6 is 0 Å². The number of hydrogen-bond donors (Lipinski definition) is 0. The van der Waals surface area contributed by atoms with Gasteiger partial charge in [0.25, 0.3) is 11.4 Å². The van der Waals surface area contributed by atoms with Crippen molar-refractivity contribution in [3.63, 3.8) is 0 Å². The third kappa shape index (κ3) is 12.7. The van der Waals surface area contributed by atoms with Crippen LogP contribution in [0.3, 0.4) is 0 Å². The fraction of sp³-hybridized carbons (Fsp3) is 0.611. The van der Waals surface area contributed by atoms with E-state index < -0.39 is 9.85 Å². The molecule has 0 saturated carbocycles. The second-order valence-electron chi connectivity index (χ2n) is 5.65. The SMILES string of the molecule is CC/C=C\C/C=C(\C/C(=C\CCCCCCC[C]=O)[N+](=O)[O-])[N+](=O)[O-]. The monoisotopic (exact) mass is 351 g/mol. The van der Waals surface area contributed by atoms with Crippen LogP contribution in [0.5, 0.6) is 0 Å². The lowest BCUT2D eigenvalue weighted by atomic mass is 10.1. The van der Waals surface area contributed by atoms with Gasteiger partial charge in [0, 0.05) is 6.42 Å². The fourth-order valence-corrected chi connectivity index (χ4v) is 2.22. The molecule has 0 N–H and O–H groups in total. The maximum atomic E-state index is 11.1. The Balaban J connectivity index is 4.49. The lowest BCUT2D eigenvalue weighted by Crippen LogP contribution is -2.06. The highest BCUT2D eigenvalue weighted by atomic mass is 16.6. The molecule has 139 valence electrons. The minimum atomic E-state index is -0.554. The van der Waals surface area contributed by atoms with Crippen molar-refractivity contribution in [2.45, 2.75) is 71.1 Å². The number of hydrogen-bond acceptors (Lipinski definition) is 5. The lowest BCUT2D eigenvalue weighted by molar-refractivity contribution is -0.450. The summed E-state index contributed by atoms with van der Waals surface area (Å²) in [6.07, 6.45) is 14.8. The first-order valence-corrected chi connectivity index (χ1v) is 8.69. The van der Waals surface area contributed by atoms with Crippen LogP contribution in [-0.2, 0) is 4.79 Å². The predicted molar refractivity (Wildman–Crippen MR) is 96.8 cm³/mol. The van der Waals surface area contributed by atoms with E-state index in [0.29, 0.717) is 19.3 Å². The van der Waals surface area contributed by atoms with Crippen molar-refractivity contribution in [2.75, 3.05) is 0 Å². The van der Waals surface area contributed by atoms with Gasteiger partial charge < -0.3 is 0 Å². The van der Waals surface area contributed by atoms with Crippen LogP contribution in [0, 0.1) is 20.2 Å². The second-order valence-corrected chi connectivity index (χ2v) is 5.65. The van der Waals surface area contributed by atoms with Crippen LogP contribution < -0.4 is 0 Å². The quantitative estimate of drug-likeness (QED) is 0.181. The first-order valence-electron chi connectivity index (χ1n) is 8.69. The average molecular weight is 351 g/mol. The summed E-state index contributed by atoms with van der Waals surface area (Å²) in [5.41, 5.74) is -0.271. The summed E-state index contributed by atoms with van der Waals surface area (Å²) in [6, 6.07) is 0. The largest absolute Gasteiger partial charge is 0.291 e. The molecule has 0 fully saturated rings. The van der Waals surface area contributed by atoms with Crippen LogP contribution in [0.25, 0.3) is 0 Å². The Hall–Kier alpha value is -2.31. The smallest absolute Gasteiger partial charge is 0.253 e.